The third-order valence-electron chi connectivity index (χ3n) is 4.71. The van der Waals surface area contributed by atoms with E-state index in [2.05, 4.69) is 30.2 Å². The van der Waals surface area contributed by atoms with Gasteiger partial charge in [0.1, 0.15) is 16.3 Å². The Kier molecular flexibility index (Phi) is 6.87. The van der Waals surface area contributed by atoms with Crippen molar-refractivity contribution >= 4 is 33.5 Å². The minimum absolute atomic E-state index is 0.0201. The first-order chi connectivity index (χ1) is 16.4. The first-order valence-corrected chi connectivity index (χ1v) is 11.8. The maximum Gasteiger partial charge on any atom is 0.258 e. The minimum atomic E-state index is -4.01. The van der Waals surface area contributed by atoms with Crippen LogP contribution in [0.2, 0.25) is 5.02 Å². The predicted octanol–water partition coefficient (Wildman–Crippen LogP) is 3.26. The lowest BCUT2D eigenvalue weighted by Crippen LogP contribution is -2.24. The molecule has 4 aromatic rings. The zero-order chi connectivity index (χ0) is 24.1. The lowest BCUT2D eigenvalue weighted by molar-refractivity contribution is 0.102. The molecule has 10 nitrogen and oxygen atoms in total. The van der Waals surface area contributed by atoms with Gasteiger partial charge in [0.2, 0.25) is 16.0 Å². The second kappa shape index (κ2) is 10.00. The number of carbonyl (C=O) groups is 1. The van der Waals surface area contributed by atoms with E-state index in [4.69, 9.17) is 16.3 Å². The van der Waals surface area contributed by atoms with E-state index in [1.54, 1.807) is 48.7 Å². The summed E-state index contributed by atoms with van der Waals surface area (Å²) in [4.78, 5) is 20.9. The van der Waals surface area contributed by atoms with Gasteiger partial charge >= 0.3 is 0 Å². The summed E-state index contributed by atoms with van der Waals surface area (Å²) in [5.41, 5.74) is 1.35. The standard InChI is InChI=1S/C22H19ClN6O4S/c1-33-18-10-7-15(12-19(18)34(31,32)25-13-14-5-8-16(23)9-6-14)21(30)27-22-26-20(28-29-22)17-4-2-3-11-24-17/h2-12,25H,13H2,1H3,(H2,26,27,28,29,30). The quantitative estimate of drug-likeness (QED) is 0.339. The van der Waals surface area contributed by atoms with E-state index in [9.17, 15) is 13.2 Å². The number of anilines is 1. The van der Waals surface area contributed by atoms with Crippen molar-refractivity contribution in [1.29, 1.82) is 0 Å². The van der Waals surface area contributed by atoms with Crippen LogP contribution >= 0.6 is 11.6 Å². The number of aromatic nitrogens is 4. The highest BCUT2D eigenvalue weighted by atomic mass is 35.5. The highest BCUT2D eigenvalue weighted by Crippen LogP contribution is 2.25. The molecule has 4 rings (SSSR count). The SMILES string of the molecule is COc1ccc(C(=O)Nc2n[nH]c(-c3ccccn3)n2)cc1S(=O)(=O)NCc1ccc(Cl)cc1. The third kappa shape index (κ3) is 5.39. The van der Waals surface area contributed by atoms with Crippen molar-refractivity contribution in [3.63, 3.8) is 0 Å². The van der Waals surface area contributed by atoms with Gasteiger partial charge in [-0.25, -0.2) is 13.1 Å². The van der Waals surface area contributed by atoms with Crippen molar-refractivity contribution in [2.45, 2.75) is 11.4 Å². The van der Waals surface area contributed by atoms with Gasteiger partial charge in [-0.15, -0.1) is 5.10 Å². The first kappa shape index (κ1) is 23.4. The maximum absolute atomic E-state index is 13.0. The number of carbonyl (C=O) groups excluding carboxylic acids is 1. The Morgan fingerprint density at radius 3 is 2.62 bits per heavy atom. The summed E-state index contributed by atoms with van der Waals surface area (Å²) >= 11 is 5.87. The molecule has 0 saturated carbocycles. The van der Waals surface area contributed by atoms with E-state index in [0.717, 1.165) is 0 Å². The number of sulfonamides is 1. The number of amides is 1. The molecule has 174 valence electrons. The van der Waals surface area contributed by atoms with Crippen LogP contribution in [0.1, 0.15) is 15.9 Å². The summed E-state index contributed by atoms with van der Waals surface area (Å²) in [5, 5.41) is 9.74. The van der Waals surface area contributed by atoms with Crippen molar-refractivity contribution in [2.24, 2.45) is 0 Å². The van der Waals surface area contributed by atoms with Gasteiger partial charge in [0, 0.05) is 23.3 Å². The Morgan fingerprint density at radius 2 is 1.91 bits per heavy atom. The van der Waals surface area contributed by atoms with Gasteiger partial charge in [-0.1, -0.05) is 29.8 Å². The molecule has 2 heterocycles. The van der Waals surface area contributed by atoms with Crippen LogP contribution in [-0.2, 0) is 16.6 Å². The Labute approximate surface area is 200 Å². The van der Waals surface area contributed by atoms with Gasteiger partial charge in [0.05, 0.1) is 7.11 Å². The number of methoxy groups -OCH3 is 1. The molecular formula is C22H19ClN6O4S. The van der Waals surface area contributed by atoms with E-state index >= 15 is 0 Å². The van der Waals surface area contributed by atoms with E-state index < -0.39 is 15.9 Å². The zero-order valence-corrected chi connectivity index (χ0v) is 19.4. The number of aromatic amines is 1. The topological polar surface area (TPSA) is 139 Å². The third-order valence-corrected chi connectivity index (χ3v) is 6.39. The number of hydrogen-bond donors (Lipinski definition) is 3. The van der Waals surface area contributed by atoms with Gasteiger partial charge in [-0.2, -0.15) is 4.98 Å². The largest absolute Gasteiger partial charge is 0.495 e. The highest BCUT2D eigenvalue weighted by Gasteiger charge is 2.22. The molecule has 2 aromatic heterocycles. The van der Waals surface area contributed by atoms with E-state index in [1.807, 2.05) is 0 Å². The molecule has 0 saturated heterocycles. The molecule has 3 N–H and O–H groups in total. The molecule has 0 radical (unpaired) electrons. The molecule has 0 aliphatic heterocycles. The fraction of sp³-hybridized carbons (Fsp3) is 0.0909. The van der Waals surface area contributed by atoms with E-state index in [1.165, 1.54) is 25.3 Å². The molecule has 12 heteroatoms. The average Bonchev–Trinajstić information content (AvgIpc) is 3.32. The predicted molar refractivity (Wildman–Crippen MR) is 126 cm³/mol. The lowest BCUT2D eigenvalue weighted by Gasteiger charge is -2.12. The molecule has 0 atom stereocenters. The van der Waals surface area contributed by atoms with Crippen LogP contribution in [0.4, 0.5) is 5.95 Å². The maximum atomic E-state index is 13.0. The van der Waals surface area contributed by atoms with Crippen LogP contribution in [0.3, 0.4) is 0 Å². The van der Waals surface area contributed by atoms with Crippen LogP contribution in [0.15, 0.2) is 71.8 Å². The van der Waals surface area contributed by atoms with Gasteiger partial charge in [0.25, 0.3) is 5.91 Å². The number of nitrogens with one attached hydrogen (secondary N) is 3. The molecule has 1 amide bonds. The molecule has 0 spiro atoms. The second-order valence-electron chi connectivity index (χ2n) is 6.99. The highest BCUT2D eigenvalue weighted by molar-refractivity contribution is 7.89. The van der Waals surface area contributed by atoms with Crippen molar-refractivity contribution < 1.29 is 17.9 Å². The van der Waals surface area contributed by atoms with Crippen molar-refractivity contribution in [3.05, 3.63) is 83.0 Å². The second-order valence-corrected chi connectivity index (χ2v) is 9.17. The number of nitrogens with zero attached hydrogens (tertiary/aromatic N) is 3. The first-order valence-electron chi connectivity index (χ1n) is 9.93. The summed E-state index contributed by atoms with van der Waals surface area (Å²) in [5.74, 6) is -0.106. The minimum Gasteiger partial charge on any atom is -0.495 e. The van der Waals surface area contributed by atoms with Crippen LogP contribution in [0, 0.1) is 0 Å². The molecule has 34 heavy (non-hydrogen) atoms. The monoisotopic (exact) mass is 498 g/mol. The van der Waals surface area contributed by atoms with E-state index in [-0.39, 0.29) is 28.7 Å². The average molecular weight is 499 g/mol. The fourth-order valence-corrected chi connectivity index (χ4v) is 4.33. The zero-order valence-electron chi connectivity index (χ0n) is 17.8. The molecule has 0 aliphatic carbocycles. The fourth-order valence-electron chi connectivity index (χ4n) is 3.00. The van der Waals surface area contributed by atoms with Crippen LogP contribution in [0.25, 0.3) is 11.5 Å². The van der Waals surface area contributed by atoms with Gasteiger partial charge in [-0.3, -0.25) is 20.2 Å². The molecule has 0 bridgehead atoms. The number of pyridine rings is 1. The van der Waals surface area contributed by atoms with Gasteiger partial charge in [0.15, 0.2) is 5.82 Å². The Hall–Kier alpha value is -3.80. The summed E-state index contributed by atoms with van der Waals surface area (Å²) in [6, 6.07) is 16.1. The van der Waals surface area contributed by atoms with Gasteiger partial charge in [-0.05, 0) is 48.0 Å². The number of ether oxygens (including phenoxy) is 1. The van der Waals surface area contributed by atoms with Gasteiger partial charge < -0.3 is 4.74 Å². The molecule has 0 aliphatic rings. The van der Waals surface area contributed by atoms with E-state index in [0.29, 0.717) is 22.1 Å². The van der Waals surface area contributed by atoms with Crippen LogP contribution < -0.4 is 14.8 Å². The number of hydrogen-bond acceptors (Lipinski definition) is 7. The normalized spacial score (nSPS) is 11.2. The van der Waals surface area contributed by atoms with Crippen molar-refractivity contribution in [2.75, 3.05) is 12.4 Å². The number of benzene rings is 2. The number of H-pyrrole nitrogens is 1. The summed E-state index contributed by atoms with van der Waals surface area (Å²) in [6.45, 7) is 0.0343. The Morgan fingerprint density at radius 1 is 1.12 bits per heavy atom. The molecule has 2 aromatic carbocycles. The van der Waals surface area contributed by atoms with Crippen LogP contribution in [-0.4, -0.2) is 41.6 Å². The Bertz CT molecular complexity index is 1410. The lowest BCUT2D eigenvalue weighted by atomic mass is 10.2. The summed E-state index contributed by atoms with van der Waals surface area (Å²) < 4.78 is 33.6. The van der Waals surface area contributed by atoms with Crippen molar-refractivity contribution in [3.8, 4) is 17.3 Å². The smallest absolute Gasteiger partial charge is 0.258 e. The Balaban J connectivity index is 1.52. The summed E-state index contributed by atoms with van der Waals surface area (Å²) in [6.07, 6.45) is 1.61. The summed E-state index contributed by atoms with van der Waals surface area (Å²) in [7, 11) is -2.66. The van der Waals surface area contributed by atoms with Crippen LogP contribution in [0.5, 0.6) is 5.75 Å². The number of rotatable bonds is 8. The molecule has 0 fully saturated rings. The number of halogens is 1. The van der Waals surface area contributed by atoms with Crippen molar-refractivity contribution in [1.82, 2.24) is 24.9 Å². The molecular weight excluding hydrogens is 480 g/mol. The molecule has 0 unspecified atom stereocenters.